The van der Waals surface area contributed by atoms with E-state index in [1.807, 2.05) is 0 Å². The highest BCUT2D eigenvalue weighted by molar-refractivity contribution is 7.86. The molecule has 0 radical (unpaired) electrons. The first-order chi connectivity index (χ1) is 8.02. The summed E-state index contributed by atoms with van der Waals surface area (Å²) in [5.74, 6) is 0.293. The van der Waals surface area contributed by atoms with E-state index >= 15 is 0 Å². The zero-order valence-corrected chi connectivity index (χ0v) is 11.3. The van der Waals surface area contributed by atoms with Crippen LogP contribution in [-0.4, -0.2) is 69.1 Å². The van der Waals surface area contributed by atoms with Crippen LogP contribution in [0.2, 0.25) is 0 Å². The second-order valence-corrected chi connectivity index (χ2v) is 6.41. The van der Waals surface area contributed by atoms with Crippen molar-refractivity contribution in [3.05, 3.63) is 0 Å². The van der Waals surface area contributed by atoms with Crippen molar-refractivity contribution < 1.29 is 18.3 Å². The number of nitrogens with zero attached hydrogens (tertiary/aromatic N) is 2. The van der Waals surface area contributed by atoms with Gasteiger partial charge >= 0.3 is 0 Å². The van der Waals surface area contributed by atoms with E-state index in [4.69, 9.17) is 9.84 Å². The Kier molecular flexibility index (Phi) is 5.81. The summed E-state index contributed by atoms with van der Waals surface area (Å²) in [6, 6.07) is 0. The summed E-state index contributed by atoms with van der Waals surface area (Å²) in [4.78, 5) is 0. The van der Waals surface area contributed by atoms with E-state index in [9.17, 15) is 8.42 Å². The number of aliphatic hydroxyl groups excluding tert-OH is 1. The molecule has 7 heteroatoms. The quantitative estimate of drug-likeness (QED) is 0.675. The summed E-state index contributed by atoms with van der Waals surface area (Å²) in [5, 5.41) is 8.71. The van der Waals surface area contributed by atoms with Crippen molar-refractivity contribution in [2.24, 2.45) is 5.92 Å². The molecule has 1 unspecified atom stereocenters. The van der Waals surface area contributed by atoms with Gasteiger partial charge in [-0.15, -0.1) is 0 Å². The van der Waals surface area contributed by atoms with Crippen LogP contribution in [0, 0.1) is 5.92 Å². The minimum absolute atomic E-state index is 0.00611. The number of aliphatic hydroxyl groups is 1. The van der Waals surface area contributed by atoms with Gasteiger partial charge in [0.25, 0.3) is 10.2 Å². The van der Waals surface area contributed by atoms with Crippen molar-refractivity contribution in [2.75, 3.05) is 47.0 Å². The highest BCUT2D eigenvalue weighted by Gasteiger charge is 2.33. The number of hydrogen-bond acceptors (Lipinski definition) is 4. The fourth-order valence-corrected chi connectivity index (χ4v) is 3.47. The Morgan fingerprint density at radius 1 is 1.53 bits per heavy atom. The molecule has 1 heterocycles. The Morgan fingerprint density at radius 3 is 2.82 bits per heavy atom. The van der Waals surface area contributed by atoms with Crippen molar-refractivity contribution in [2.45, 2.75) is 12.8 Å². The van der Waals surface area contributed by atoms with Gasteiger partial charge in [0.05, 0.1) is 6.61 Å². The largest absolute Gasteiger partial charge is 0.396 e. The van der Waals surface area contributed by atoms with Crippen molar-refractivity contribution in [3.63, 3.8) is 0 Å². The van der Waals surface area contributed by atoms with Crippen LogP contribution in [-0.2, 0) is 14.9 Å². The van der Waals surface area contributed by atoms with Crippen molar-refractivity contribution in [1.29, 1.82) is 0 Å². The highest BCUT2D eigenvalue weighted by Crippen LogP contribution is 2.21. The maximum atomic E-state index is 12.1. The fraction of sp³-hybridized carbons (Fsp3) is 1.00. The molecule has 0 bridgehead atoms. The Hall–Kier alpha value is -0.210. The molecular weight excluding hydrogens is 244 g/mol. The second kappa shape index (κ2) is 6.65. The normalized spacial score (nSPS) is 22.5. The summed E-state index contributed by atoms with van der Waals surface area (Å²) in [6.07, 6.45) is 1.31. The van der Waals surface area contributed by atoms with Gasteiger partial charge in [-0.2, -0.15) is 17.0 Å². The average molecular weight is 266 g/mol. The van der Waals surface area contributed by atoms with Crippen molar-refractivity contribution in [3.8, 4) is 0 Å². The van der Waals surface area contributed by atoms with Crippen LogP contribution in [0.3, 0.4) is 0 Å². The predicted octanol–water partition coefficient (Wildman–Crippen LogP) is -0.486. The Labute approximate surface area is 103 Å². The molecule has 0 aromatic carbocycles. The van der Waals surface area contributed by atoms with Crippen LogP contribution >= 0.6 is 0 Å². The van der Waals surface area contributed by atoms with E-state index in [0.29, 0.717) is 38.6 Å². The zero-order chi connectivity index (χ0) is 12.9. The smallest absolute Gasteiger partial charge is 0.281 e. The molecule has 1 N–H and O–H groups in total. The Bertz CT molecular complexity index is 320. The lowest BCUT2D eigenvalue weighted by atomic mass is 10.1. The standard InChI is InChI=1S/C10H22N2O4S/c1-11(5-3-7-13)17(14,15)12-6-4-10(8-12)9-16-2/h10,13H,3-9H2,1-2H3. The highest BCUT2D eigenvalue weighted by atomic mass is 32.2. The molecule has 0 spiro atoms. The first kappa shape index (κ1) is 14.8. The molecule has 0 amide bonds. The molecule has 6 nitrogen and oxygen atoms in total. The molecule has 102 valence electrons. The molecule has 0 aliphatic carbocycles. The van der Waals surface area contributed by atoms with E-state index < -0.39 is 10.2 Å². The molecule has 1 fully saturated rings. The third-order valence-electron chi connectivity index (χ3n) is 3.00. The summed E-state index contributed by atoms with van der Waals surface area (Å²) in [6.45, 7) is 2.04. The van der Waals surface area contributed by atoms with Crippen molar-refractivity contribution >= 4 is 10.2 Å². The van der Waals surface area contributed by atoms with Gasteiger partial charge in [-0.1, -0.05) is 0 Å². The molecule has 0 saturated carbocycles. The summed E-state index contributed by atoms with van der Waals surface area (Å²) < 4.78 is 32.1. The topological polar surface area (TPSA) is 70.1 Å². The number of rotatable bonds is 7. The molecule has 1 aliphatic heterocycles. The minimum Gasteiger partial charge on any atom is -0.396 e. The third-order valence-corrected chi connectivity index (χ3v) is 4.96. The van der Waals surface area contributed by atoms with E-state index in [2.05, 4.69) is 0 Å². The molecular formula is C10H22N2O4S. The van der Waals surface area contributed by atoms with Gasteiger partial charge in [0.2, 0.25) is 0 Å². The summed E-state index contributed by atoms with van der Waals surface area (Å²) in [5.41, 5.74) is 0. The molecule has 1 atom stereocenters. The second-order valence-electron chi connectivity index (χ2n) is 4.37. The van der Waals surface area contributed by atoms with Crippen LogP contribution < -0.4 is 0 Å². The molecule has 0 aromatic heterocycles. The molecule has 0 aromatic rings. The zero-order valence-electron chi connectivity index (χ0n) is 10.5. The van der Waals surface area contributed by atoms with Crippen molar-refractivity contribution in [1.82, 2.24) is 8.61 Å². The fourth-order valence-electron chi connectivity index (χ4n) is 1.98. The van der Waals surface area contributed by atoms with Crippen LogP contribution in [0.15, 0.2) is 0 Å². The summed E-state index contributed by atoms with van der Waals surface area (Å²) in [7, 11) is -0.182. The van der Waals surface area contributed by atoms with Gasteiger partial charge in [0.1, 0.15) is 0 Å². The molecule has 17 heavy (non-hydrogen) atoms. The number of hydrogen-bond donors (Lipinski definition) is 1. The predicted molar refractivity (Wildman–Crippen MR) is 64.8 cm³/mol. The minimum atomic E-state index is -3.36. The van der Waals surface area contributed by atoms with Crippen LogP contribution in [0.25, 0.3) is 0 Å². The monoisotopic (exact) mass is 266 g/mol. The van der Waals surface area contributed by atoms with Gasteiger partial charge in [-0.25, -0.2) is 0 Å². The van der Waals surface area contributed by atoms with E-state index in [-0.39, 0.29) is 6.61 Å². The Morgan fingerprint density at radius 2 is 2.24 bits per heavy atom. The van der Waals surface area contributed by atoms with E-state index in [0.717, 1.165) is 6.42 Å². The average Bonchev–Trinajstić information content (AvgIpc) is 2.75. The van der Waals surface area contributed by atoms with Gasteiger partial charge < -0.3 is 9.84 Å². The van der Waals surface area contributed by atoms with Crippen LogP contribution in [0.1, 0.15) is 12.8 Å². The maximum absolute atomic E-state index is 12.1. The number of ether oxygens (including phenoxy) is 1. The molecule has 1 saturated heterocycles. The Balaban J connectivity index is 2.53. The number of methoxy groups -OCH3 is 1. The van der Waals surface area contributed by atoms with Gasteiger partial charge in [-0.3, -0.25) is 0 Å². The van der Waals surface area contributed by atoms with Crippen LogP contribution in [0.5, 0.6) is 0 Å². The lowest BCUT2D eigenvalue weighted by Gasteiger charge is -2.23. The molecule has 1 rings (SSSR count). The first-order valence-electron chi connectivity index (χ1n) is 5.83. The molecule has 1 aliphatic rings. The van der Waals surface area contributed by atoms with E-state index in [1.54, 1.807) is 14.2 Å². The third kappa shape index (κ3) is 3.89. The SMILES string of the molecule is COCC1CCN(S(=O)(=O)N(C)CCCO)C1. The van der Waals surface area contributed by atoms with Gasteiger partial charge in [0.15, 0.2) is 0 Å². The summed E-state index contributed by atoms with van der Waals surface area (Å²) >= 11 is 0. The lowest BCUT2D eigenvalue weighted by Crippen LogP contribution is -2.41. The lowest BCUT2D eigenvalue weighted by molar-refractivity contribution is 0.157. The van der Waals surface area contributed by atoms with Gasteiger partial charge in [0, 0.05) is 40.4 Å². The first-order valence-corrected chi connectivity index (χ1v) is 7.23. The maximum Gasteiger partial charge on any atom is 0.281 e. The van der Waals surface area contributed by atoms with E-state index in [1.165, 1.54) is 8.61 Å². The van der Waals surface area contributed by atoms with Crippen LogP contribution in [0.4, 0.5) is 0 Å². The van der Waals surface area contributed by atoms with Gasteiger partial charge in [-0.05, 0) is 18.8 Å².